The molecule has 0 radical (unpaired) electrons. The fourth-order valence-corrected chi connectivity index (χ4v) is 2.45. The minimum absolute atomic E-state index is 0.192. The molecule has 2 aromatic carbocycles. The van der Waals surface area contributed by atoms with Crippen LogP contribution in [0.2, 0.25) is 0 Å². The summed E-state index contributed by atoms with van der Waals surface area (Å²) in [6.07, 6.45) is 4.83. The Bertz CT molecular complexity index is 717. The molecule has 0 spiro atoms. The van der Waals surface area contributed by atoms with Gasteiger partial charge in [-0.15, -0.1) is 0 Å². The zero-order valence-corrected chi connectivity index (χ0v) is 12.6. The Morgan fingerprint density at radius 2 is 1.83 bits per heavy atom. The summed E-state index contributed by atoms with van der Waals surface area (Å²) in [4.78, 5) is 12.1. The summed E-state index contributed by atoms with van der Waals surface area (Å²) in [5.74, 6) is -0.436. The Balaban J connectivity index is 1.67. The number of hydrogen-bond donors (Lipinski definition) is 2. The van der Waals surface area contributed by atoms with E-state index in [9.17, 15) is 15.0 Å². The Morgan fingerprint density at radius 1 is 1.09 bits per heavy atom. The van der Waals surface area contributed by atoms with Crippen molar-refractivity contribution in [1.82, 2.24) is 0 Å². The summed E-state index contributed by atoms with van der Waals surface area (Å²) >= 11 is 0. The van der Waals surface area contributed by atoms with E-state index in [4.69, 9.17) is 4.74 Å². The van der Waals surface area contributed by atoms with Crippen LogP contribution in [-0.2, 0) is 9.53 Å². The van der Waals surface area contributed by atoms with E-state index in [1.165, 1.54) is 18.2 Å². The van der Waals surface area contributed by atoms with Crippen molar-refractivity contribution in [3.63, 3.8) is 0 Å². The summed E-state index contributed by atoms with van der Waals surface area (Å²) in [7, 11) is 0. The zero-order chi connectivity index (χ0) is 16.2. The highest BCUT2D eigenvalue weighted by molar-refractivity contribution is 5.87. The topological polar surface area (TPSA) is 66.8 Å². The predicted molar refractivity (Wildman–Crippen MR) is 86.8 cm³/mol. The number of phenols is 2. The monoisotopic (exact) mass is 310 g/mol. The van der Waals surface area contributed by atoms with Crippen LogP contribution in [0, 0.1) is 5.92 Å². The summed E-state index contributed by atoms with van der Waals surface area (Å²) in [6.45, 7) is 0. The molecule has 0 bridgehead atoms. The number of hydrogen-bond acceptors (Lipinski definition) is 4. The lowest BCUT2D eigenvalue weighted by molar-refractivity contribution is -0.144. The Hall–Kier alpha value is -2.75. The standard InChI is InChI=1S/C19H18O4/c20-16-10-6-13(12-17(16)21)7-11-18(22)23-19(15-8-9-15)14-4-2-1-3-5-14/h1-7,10-12,15,19-21H,8-9H2/t19-/m1/s1. The average molecular weight is 310 g/mol. The first-order valence-electron chi connectivity index (χ1n) is 7.59. The smallest absolute Gasteiger partial charge is 0.331 e. The van der Waals surface area contributed by atoms with E-state index in [2.05, 4.69) is 0 Å². The molecule has 4 nitrogen and oxygen atoms in total. The number of rotatable bonds is 5. The van der Waals surface area contributed by atoms with Gasteiger partial charge in [0.1, 0.15) is 6.10 Å². The maximum Gasteiger partial charge on any atom is 0.331 e. The molecule has 2 N–H and O–H groups in total. The van der Waals surface area contributed by atoms with Crippen molar-refractivity contribution in [2.45, 2.75) is 18.9 Å². The van der Waals surface area contributed by atoms with Gasteiger partial charge in [-0.05, 0) is 42.2 Å². The molecule has 23 heavy (non-hydrogen) atoms. The molecule has 0 heterocycles. The second-order valence-corrected chi connectivity index (χ2v) is 5.69. The van der Waals surface area contributed by atoms with Gasteiger partial charge in [-0.3, -0.25) is 0 Å². The minimum Gasteiger partial charge on any atom is -0.504 e. The quantitative estimate of drug-likeness (QED) is 0.501. The van der Waals surface area contributed by atoms with Crippen molar-refractivity contribution in [2.75, 3.05) is 0 Å². The molecule has 118 valence electrons. The van der Waals surface area contributed by atoms with Gasteiger partial charge in [0.25, 0.3) is 0 Å². The molecule has 0 amide bonds. The van der Waals surface area contributed by atoms with Crippen LogP contribution in [0.4, 0.5) is 0 Å². The number of aromatic hydroxyl groups is 2. The second-order valence-electron chi connectivity index (χ2n) is 5.69. The lowest BCUT2D eigenvalue weighted by Gasteiger charge is -2.16. The van der Waals surface area contributed by atoms with Crippen LogP contribution in [-0.4, -0.2) is 16.2 Å². The van der Waals surface area contributed by atoms with Gasteiger partial charge in [0.05, 0.1) is 0 Å². The highest BCUT2D eigenvalue weighted by Crippen LogP contribution is 2.43. The van der Waals surface area contributed by atoms with Crippen LogP contribution in [0.1, 0.15) is 30.1 Å². The Morgan fingerprint density at radius 3 is 2.48 bits per heavy atom. The number of ether oxygens (including phenoxy) is 1. The van der Waals surface area contributed by atoms with Crippen molar-refractivity contribution in [3.05, 3.63) is 65.7 Å². The van der Waals surface area contributed by atoms with Gasteiger partial charge >= 0.3 is 5.97 Å². The third kappa shape index (κ3) is 3.92. The van der Waals surface area contributed by atoms with Gasteiger partial charge < -0.3 is 14.9 Å². The van der Waals surface area contributed by atoms with Gasteiger partial charge in [0.2, 0.25) is 0 Å². The molecule has 0 aromatic heterocycles. The molecule has 1 fully saturated rings. The number of carbonyl (C=O) groups is 1. The van der Waals surface area contributed by atoms with E-state index in [0.29, 0.717) is 11.5 Å². The van der Waals surface area contributed by atoms with Gasteiger partial charge in [-0.25, -0.2) is 4.79 Å². The van der Waals surface area contributed by atoms with E-state index in [1.54, 1.807) is 12.1 Å². The molecule has 3 rings (SSSR count). The van der Waals surface area contributed by atoms with Crippen molar-refractivity contribution < 1.29 is 19.7 Å². The van der Waals surface area contributed by atoms with E-state index < -0.39 is 5.97 Å². The lowest BCUT2D eigenvalue weighted by Crippen LogP contribution is -2.11. The summed E-state index contributed by atoms with van der Waals surface area (Å²) < 4.78 is 5.60. The van der Waals surface area contributed by atoms with Gasteiger partial charge in [-0.1, -0.05) is 36.4 Å². The van der Waals surface area contributed by atoms with Crippen LogP contribution in [0.3, 0.4) is 0 Å². The zero-order valence-electron chi connectivity index (χ0n) is 12.6. The van der Waals surface area contributed by atoms with E-state index in [-0.39, 0.29) is 17.6 Å². The summed E-state index contributed by atoms with van der Waals surface area (Å²) in [6, 6.07) is 14.1. The number of phenolic OH excluding ortho intramolecular Hbond substituents is 2. The fourth-order valence-electron chi connectivity index (χ4n) is 2.45. The lowest BCUT2D eigenvalue weighted by atomic mass is 10.1. The largest absolute Gasteiger partial charge is 0.504 e. The van der Waals surface area contributed by atoms with Crippen LogP contribution in [0.25, 0.3) is 6.08 Å². The second kappa shape index (κ2) is 6.57. The van der Waals surface area contributed by atoms with Crippen LogP contribution in [0.5, 0.6) is 11.5 Å². The van der Waals surface area contributed by atoms with Gasteiger partial charge in [-0.2, -0.15) is 0 Å². The van der Waals surface area contributed by atoms with E-state index in [0.717, 1.165) is 18.4 Å². The van der Waals surface area contributed by atoms with Gasteiger partial charge in [0.15, 0.2) is 11.5 Å². The number of carbonyl (C=O) groups excluding carboxylic acids is 1. The number of benzene rings is 2. The molecule has 0 aliphatic heterocycles. The van der Waals surface area contributed by atoms with E-state index >= 15 is 0 Å². The molecule has 1 saturated carbocycles. The third-order valence-electron chi connectivity index (χ3n) is 3.83. The number of esters is 1. The maximum absolute atomic E-state index is 12.1. The normalized spacial score (nSPS) is 15.5. The first kappa shape index (κ1) is 15.2. The first-order valence-corrected chi connectivity index (χ1v) is 7.59. The molecular weight excluding hydrogens is 292 g/mol. The molecule has 4 heteroatoms. The molecule has 0 unspecified atom stereocenters. The highest BCUT2D eigenvalue weighted by atomic mass is 16.5. The molecule has 0 saturated heterocycles. The Labute approximate surface area is 134 Å². The van der Waals surface area contributed by atoms with Crippen molar-refractivity contribution in [1.29, 1.82) is 0 Å². The molecule has 2 aromatic rings. The predicted octanol–water partition coefficient (Wildman–Crippen LogP) is 3.81. The minimum atomic E-state index is -0.418. The Kier molecular flexibility index (Phi) is 4.33. The molecule has 1 aliphatic carbocycles. The van der Waals surface area contributed by atoms with Crippen molar-refractivity contribution >= 4 is 12.0 Å². The van der Waals surface area contributed by atoms with Crippen LogP contribution in [0.15, 0.2) is 54.6 Å². The van der Waals surface area contributed by atoms with Crippen LogP contribution >= 0.6 is 0 Å². The van der Waals surface area contributed by atoms with Gasteiger partial charge in [0, 0.05) is 12.0 Å². The van der Waals surface area contributed by atoms with Crippen LogP contribution < -0.4 is 0 Å². The third-order valence-corrected chi connectivity index (χ3v) is 3.83. The average Bonchev–Trinajstić information content (AvgIpc) is 3.39. The first-order chi connectivity index (χ1) is 11.1. The van der Waals surface area contributed by atoms with Crippen molar-refractivity contribution in [2.24, 2.45) is 5.92 Å². The summed E-state index contributed by atoms with van der Waals surface area (Å²) in [5.41, 5.74) is 1.62. The van der Waals surface area contributed by atoms with E-state index in [1.807, 2.05) is 30.3 Å². The molecule has 1 atom stereocenters. The SMILES string of the molecule is O=C(C=Cc1ccc(O)c(O)c1)O[C@H](c1ccccc1)C1CC1. The molecular formula is C19H18O4. The maximum atomic E-state index is 12.1. The highest BCUT2D eigenvalue weighted by Gasteiger charge is 2.34. The van der Waals surface area contributed by atoms with Crippen molar-refractivity contribution in [3.8, 4) is 11.5 Å². The summed E-state index contributed by atoms with van der Waals surface area (Å²) in [5, 5.41) is 18.7. The fraction of sp³-hybridized carbons (Fsp3) is 0.211. The molecule has 1 aliphatic rings.